The standard InChI is InChI=1S/C22H27N3O5S2/c1-17(26)18-7-9-19(10-8-18)32(29,30)23(2)11-3-6-21(27)24-12-14-25(15-13-24)22(28)20-5-4-16-31-20/h4-5,7-10,16H,3,6,11-15H2,1-2H3. The lowest BCUT2D eigenvalue weighted by atomic mass is 10.2. The monoisotopic (exact) mass is 477 g/mol. The van der Waals surface area contributed by atoms with Crippen molar-refractivity contribution in [2.24, 2.45) is 0 Å². The van der Waals surface area contributed by atoms with Crippen LogP contribution in [0, 0.1) is 0 Å². The molecule has 0 aliphatic carbocycles. The van der Waals surface area contributed by atoms with Gasteiger partial charge in [-0.1, -0.05) is 18.2 Å². The Morgan fingerprint density at radius 1 is 1.00 bits per heavy atom. The number of ketones is 1. The summed E-state index contributed by atoms with van der Waals surface area (Å²) in [4.78, 5) is 40.6. The third-order valence-electron chi connectivity index (χ3n) is 5.48. The zero-order valence-electron chi connectivity index (χ0n) is 18.2. The molecule has 10 heteroatoms. The van der Waals surface area contributed by atoms with Crippen molar-refractivity contribution in [3.63, 3.8) is 0 Å². The first kappa shape index (κ1) is 24.1. The Morgan fingerprint density at radius 2 is 1.62 bits per heavy atom. The highest BCUT2D eigenvalue weighted by Gasteiger charge is 2.26. The fourth-order valence-electron chi connectivity index (χ4n) is 3.49. The Bertz CT molecular complexity index is 1060. The topological polar surface area (TPSA) is 95.1 Å². The predicted octanol–water partition coefficient (Wildman–Crippen LogP) is 2.34. The van der Waals surface area contributed by atoms with Gasteiger partial charge in [0.05, 0.1) is 9.77 Å². The molecule has 1 aromatic carbocycles. The Morgan fingerprint density at radius 3 is 2.19 bits per heavy atom. The molecule has 0 unspecified atom stereocenters. The molecule has 2 heterocycles. The van der Waals surface area contributed by atoms with Crippen LogP contribution in [-0.4, -0.2) is 79.9 Å². The predicted molar refractivity (Wildman–Crippen MR) is 122 cm³/mol. The summed E-state index contributed by atoms with van der Waals surface area (Å²) in [6.07, 6.45) is 0.635. The van der Waals surface area contributed by atoms with Crippen LogP contribution in [0.5, 0.6) is 0 Å². The van der Waals surface area contributed by atoms with E-state index in [-0.39, 0.29) is 35.5 Å². The van der Waals surface area contributed by atoms with Gasteiger partial charge in [0.1, 0.15) is 0 Å². The highest BCUT2D eigenvalue weighted by molar-refractivity contribution is 7.89. The van der Waals surface area contributed by atoms with E-state index in [2.05, 4.69) is 0 Å². The molecule has 1 aromatic heterocycles. The zero-order valence-corrected chi connectivity index (χ0v) is 19.8. The number of nitrogens with zero attached hydrogens (tertiary/aromatic N) is 3. The first-order chi connectivity index (χ1) is 15.2. The number of thiophene rings is 1. The first-order valence-corrected chi connectivity index (χ1v) is 12.7. The summed E-state index contributed by atoms with van der Waals surface area (Å²) in [6.45, 7) is 3.58. The summed E-state index contributed by atoms with van der Waals surface area (Å²) in [5, 5.41) is 1.87. The Hall–Kier alpha value is -2.56. The highest BCUT2D eigenvalue weighted by atomic mass is 32.2. The largest absolute Gasteiger partial charge is 0.339 e. The number of hydrogen-bond acceptors (Lipinski definition) is 6. The molecule has 1 aliphatic rings. The van der Waals surface area contributed by atoms with E-state index >= 15 is 0 Å². The number of hydrogen-bond donors (Lipinski definition) is 0. The molecule has 0 spiro atoms. The second kappa shape index (κ2) is 10.4. The van der Waals surface area contributed by atoms with E-state index in [0.29, 0.717) is 43.0 Å². The molecule has 0 atom stereocenters. The average molecular weight is 478 g/mol. The van der Waals surface area contributed by atoms with Crippen molar-refractivity contribution in [2.75, 3.05) is 39.8 Å². The fraction of sp³-hybridized carbons (Fsp3) is 0.409. The molecule has 3 rings (SSSR count). The summed E-state index contributed by atoms with van der Waals surface area (Å²) < 4.78 is 26.6. The van der Waals surface area contributed by atoms with E-state index in [9.17, 15) is 22.8 Å². The fourth-order valence-corrected chi connectivity index (χ4v) is 5.39. The van der Waals surface area contributed by atoms with Gasteiger partial charge in [0.2, 0.25) is 15.9 Å². The Kier molecular flexibility index (Phi) is 7.81. The van der Waals surface area contributed by atoms with E-state index < -0.39 is 10.0 Å². The van der Waals surface area contributed by atoms with E-state index in [1.165, 1.54) is 53.9 Å². The molecule has 1 fully saturated rings. The van der Waals surface area contributed by atoms with Gasteiger partial charge in [-0.15, -0.1) is 11.3 Å². The number of rotatable bonds is 8. The van der Waals surface area contributed by atoms with Crippen molar-refractivity contribution in [1.82, 2.24) is 14.1 Å². The molecule has 1 aliphatic heterocycles. The third kappa shape index (κ3) is 5.62. The van der Waals surface area contributed by atoms with Gasteiger partial charge in [-0.25, -0.2) is 12.7 Å². The lowest BCUT2D eigenvalue weighted by molar-refractivity contribution is -0.132. The smallest absolute Gasteiger partial charge is 0.264 e. The molecule has 0 saturated carbocycles. The van der Waals surface area contributed by atoms with Crippen LogP contribution in [0.4, 0.5) is 0 Å². The first-order valence-electron chi connectivity index (χ1n) is 10.4. The maximum absolute atomic E-state index is 12.7. The van der Waals surface area contributed by atoms with E-state index in [4.69, 9.17) is 0 Å². The van der Waals surface area contributed by atoms with Crippen molar-refractivity contribution in [3.8, 4) is 0 Å². The average Bonchev–Trinajstić information content (AvgIpc) is 3.33. The van der Waals surface area contributed by atoms with Gasteiger partial charge in [0.25, 0.3) is 5.91 Å². The van der Waals surface area contributed by atoms with Gasteiger partial charge in [-0.3, -0.25) is 14.4 Å². The second-order valence-electron chi connectivity index (χ2n) is 7.66. The molecule has 2 amide bonds. The molecule has 0 bridgehead atoms. The number of benzene rings is 1. The molecule has 8 nitrogen and oxygen atoms in total. The van der Waals surface area contributed by atoms with Gasteiger partial charge in [-0.05, 0) is 36.9 Å². The highest BCUT2D eigenvalue weighted by Crippen LogP contribution is 2.17. The zero-order chi connectivity index (χ0) is 23.3. The minimum atomic E-state index is -3.69. The lowest BCUT2D eigenvalue weighted by Gasteiger charge is -2.34. The summed E-state index contributed by atoms with van der Waals surface area (Å²) in [5.41, 5.74) is 0.453. The maximum atomic E-state index is 12.7. The molecule has 0 radical (unpaired) electrons. The van der Waals surface area contributed by atoms with Gasteiger partial charge >= 0.3 is 0 Å². The van der Waals surface area contributed by atoms with Crippen LogP contribution >= 0.6 is 11.3 Å². The van der Waals surface area contributed by atoms with Crippen LogP contribution in [0.3, 0.4) is 0 Å². The van der Waals surface area contributed by atoms with E-state index in [0.717, 1.165) is 0 Å². The van der Waals surface area contributed by atoms with Crippen molar-refractivity contribution in [2.45, 2.75) is 24.7 Å². The summed E-state index contributed by atoms with van der Waals surface area (Å²) in [7, 11) is -2.21. The van der Waals surface area contributed by atoms with Gasteiger partial charge in [0, 0.05) is 51.8 Å². The number of amides is 2. The van der Waals surface area contributed by atoms with Gasteiger partial charge in [-0.2, -0.15) is 0 Å². The van der Waals surface area contributed by atoms with Crippen LogP contribution in [0.25, 0.3) is 0 Å². The number of Topliss-reactive ketones (excluding diaryl/α,β-unsaturated/α-hetero) is 1. The normalized spacial score (nSPS) is 14.6. The number of piperazine rings is 1. The van der Waals surface area contributed by atoms with Gasteiger partial charge in [0.15, 0.2) is 5.78 Å². The molecular weight excluding hydrogens is 450 g/mol. The molecular formula is C22H27N3O5S2. The van der Waals surface area contributed by atoms with E-state index in [1.54, 1.807) is 15.9 Å². The van der Waals surface area contributed by atoms with Crippen molar-refractivity contribution in [3.05, 3.63) is 52.2 Å². The number of carbonyl (C=O) groups excluding carboxylic acids is 3. The molecule has 2 aromatic rings. The molecule has 0 N–H and O–H groups in total. The quantitative estimate of drug-likeness (QED) is 0.544. The lowest BCUT2D eigenvalue weighted by Crippen LogP contribution is -2.50. The summed E-state index contributed by atoms with van der Waals surface area (Å²) in [5.74, 6) is -0.169. The summed E-state index contributed by atoms with van der Waals surface area (Å²) >= 11 is 1.41. The van der Waals surface area contributed by atoms with Crippen molar-refractivity contribution < 1.29 is 22.8 Å². The maximum Gasteiger partial charge on any atom is 0.264 e. The molecule has 172 valence electrons. The molecule has 1 saturated heterocycles. The van der Waals surface area contributed by atoms with Crippen LogP contribution in [0.2, 0.25) is 0 Å². The van der Waals surface area contributed by atoms with Crippen molar-refractivity contribution in [1.29, 1.82) is 0 Å². The van der Waals surface area contributed by atoms with E-state index in [1.807, 2.05) is 11.4 Å². The Labute approximate surface area is 192 Å². The SMILES string of the molecule is CC(=O)c1ccc(S(=O)(=O)N(C)CCCC(=O)N2CCN(C(=O)c3cccs3)CC2)cc1. The van der Waals surface area contributed by atoms with Crippen LogP contribution in [0.15, 0.2) is 46.7 Å². The minimum Gasteiger partial charge on any atom is -0.339 e. The summed E-state index contributed by atoms with van der Waals surface area (Å²) in [6, 6.07) is 9.48. The van der Waals surface area contributed by atoms with Crippen LogP contribution in [0.1, 0.15) is 39.8 Å². The van der Waals surface area contributed by atoms with Crippen LogP contribution in [-0.2, 0) is 14.8 Å². The second-order valence-corrected chi connectivity index (χ2v) is 10.7. The van der Waals surface area contributed by atoms with Gasteiger partial charge < -0.3 is 9.80 Å². The third-order valence-corrected chi connectivity index (χ3v) is 8.21. The number of sulfonamides is 1. The number of carbonyl (C=O) groups is 3. The van der Waals surface area contributed by atoms with Crippen molar-refractivity contribution >= 4 is 39.0 Å². The minimum absolute atomic E-state index is 0.00438. The Balaban J connectivity index is 1.45. The molecule has 32 heavy (non-hydrogen) atoms. The van der Waals surface area contributed by atoms with Crippen LogP contribution < -0.4 is 0 Å².